The van der Waals surface area contributed by atoms with Crippen molar-refractivity contribution in [1.82, 2.24) is 20.3 Å². The number of halogens is 1. The third kappa shape index (κ3) is 2.14. The van der Waals surface area contributed by atoms with Gasteiger partial charge >= 0.3 is 0 Å². The van der Waals surface area contributed by atoms with Gasteiger partial charge in [0.05, 0.1) is 5.69 Å². The van der Waals surface area contributed by atoms with Gasteiger partial charge in [-0.1, -0.05) is 21.1 Å². The first-order valence-electron chi connectivity index (χ1n) is 4.82. The number of nitrogens with zero attached hydrogens (tertiary/aromatic N) is 3. The summed E-state index contributed by atoms with van der Waals surface area (Å²) in [5.41, 5.74) is 6.68. The lowest BCUT2D eigenvalue weighted by Crippen LogP contribution is -2.19. The Morgan fingerprint density at radius 1 is 1.41 bits per heavy atom. The van der Waals surface area contributed by atoms with Crippen molar-refractivity contribution in [1.29, 1.82) is 0 Å². The zero-order chi connectivity index (χ0) is 12.4. The second kappa shape index (κ2) is 4.54. The molecule has 0 radical (unpaired) electrons. The zero-order valence-corrected chi connectivity index (χ0v) is 10.6. The van der Waals surface area contributed by atoms with E-state index in [4.69, 9.17) is 5.73 Å². The van der Waals surface area contributed by atoms with E-state index in [0.29, 0.717) is 0 Å². The SMILES string of the molecule is CNC(=O)c1nnn(-c2ccc(Br)cc2)c1N. The number of carbonyl (C=O) groups excluding carboxylic acids is 1. The van der Waals surface area contributed by atoms with E-state index in [0.717, 1.165) is 10.2 Å². The lowest BCUT2D eigenvalue weighted by molar-refractivity contribution is 0.0959. The monoisotopic (exact) mass is 295 g/mol. The molecule has 0 aliphatic carbocycles. The molecule has 0 spiro atoms. The summed E-state index contributed by atoms with van der Waals surface area (Å²) in [5, 5.41) is 10.1. The van der Waals surface area contributed by atoms with Gasteiger partial charge in [-0.25, -0.2) is 0 Å². The first-order chi connectivity index (χ1) is 8.13. The fourth-order valence-corrected chi connectivity index (χ4v) is 1.61. The number of anilines is 1. The highest BCUT2D eigenvalue weighted by molar-refractivity contribution is 9.10. The van der Waals surface area contributed by atoms with Gasteiger partial charge < -0.3 is 11.1 Å². The molecule has 0 fully saturated rings. The second-order valence-corrected chi connectivity index (χ2v) is 4.21. The molecule has 0 bridgehead atoms. The van der Waals surface area contributed by atoms with Crippen LogP contribution in [0.15, 0.2) is 28.7 Å². The third-order valence-electron chi connectivity index (χ3n) is 2.22. The van der Waals surface area contributed by atoms with Crippen molar-refractivity contribution in [3.8, 4) is 5.69 Å². The van der Waals surface area contributed by atoms with Crippen LogP contribution in [0.5, 0.6) is 0 Å². The number of hydrogen-bond donors (Lipinski definition) is 2. The predicted molar refractivity (Wildman–Crippen MR) is 66.9 cm³/mol. The number of nitrogen functional groups attached to an aromatic ring is 1. The first-order valence-corrected chi connectivity index (χ1v) is 5.62. The van der Waals surface area contributed by atoms with Gasteiger partial charge in [-0.3, -0.25) is 4.79 Å². The summed E-state index contributed by atoms with van der Waals surface area (Å²) in [4.78, 5) is 11.4. The number of aromatic nitrogens is 3. The summed E-state index contributed by atoms with van der Waals surface area (Å²) in [5.74, 6) is -0.141. The molecular formula is C10H10BrN5O. The van der Waals surface area contributed by atoms with E-state index in [9.17, 15) is 4.79 Å². The Kier molecular flexibility index (Phi) is 3.10. The Morgan fingerprint density at radius 2 is 2.06 bits per heavy atom. The number of amides is 1. The van der Waals surface area contributed by atoms with Crippen molar-refractivity contribution < 1.29 is 4.79 Å². The van der Waals surface area contributed by atoms with Gasteiger partial charge in [0, 0.05) is 11.5 Å². The lowest BCUT2D eigenvalue weighted by atomic mass is 10.3. The Morgan fingerprint density at radius 3 is 2.65 bits per heavy atom. The van der Waals surface area contributed by atoms with Crippen LogP contribution in [0, 0.1) is 0 Å². The van der Waals surface area contributed by atoms with E-state index in [1.807, 2.05) is 24.3 Å². The quantitative estimate of drug-likeness (QED) is 0.864. The molecule has 17 heavy (non-hydrogen) atoms. The average molecular weight is 296 g/mol. The topological polar surface area (TPSA) is 85.8 Å². The first kappa shape index (κ1) is 11.6. The zero-order valence-electron chi connectivity index (χ0n) is 9.01. The predicted octanol–water partition coefficient (Wildman–Crippen LogP) is 0.972. The summed E-state index contributed by atoms with van der Waals surface area (Å²) >= 11 is 3.34. The largest absolute Gasteiger partial charge is 0.382 e. The molecule has 1 aromatic carbocycles. The maximum absolute atomic E-state index is 11.4. The van der Waals surface area contributed by atoms with E-state index in [1.165, 1.54) is 11.7 Å². The van der Waals surface area contributed by atoms with E-state index in [2.05, 4.69) is 31.6 Å². The summed E-state index contributed by atoms with van der Waals surface area (Å²) < 4.78 is 2.36. The normalized spacial score (nSPS) is 10.2. The number of rotatable bonds is 2. The molecule has 3 N–H and O–H groups in total. The van der Waals surface area contributed by atoms with Crippen LogP contribution < -0.4 is 11.1 Å². The second-order valence-electron chi connectivity index (χ2n) is 3.29. The Balaban J connectivity index is 2.44. The van der Waals surface area contributed by atoms with Crippen LogP contribution in [0.2, 0.25) is 0 Å². The van der Waals surface area contributed by atoms with Crippen molar-refractivity contribution in [2.45, 2.75) is 0 Å². The number of nitrogens with one attached hydrogen (secondary N) is 1. The van der Waals surface area contributed by atoms with Crippen molar-refractivity contribution in [3.63, 3.8) is 0 Å². The molecule has 0 atom stereocenters. The fourth-order valence-electron chi connectivity index (χ4n) is 1.34. The van der Waals surface area contributed by atoms with Crippen LogP contribution in [-0.4, -0.2) is 27.9 Å². The smallest absolute Gasteiger partial charge is 0.275 e. The molecule has 1 amide bonds. The van der Waals surface area contributed by atoms with E-state index >= 15 is 0 Å². The maximum Gasteiger partial charge on any atom is 0.275 e. The summed E-state index contributed by atoms with van der Waals surface area (Å²) in [6.07, 6.45) is 0. The molecule has 1 heterocycles. The highest BCUT2D eigenvalue weighted by atomic mass is 79.9. The van der Waals surface area contributed by atoms with E-state index in [1.54, 1.807) is 0 Å². The molecule has 1 aromatic heterocycles. The van der Waals surface area contributed by atoms with Crippen LogP contribution in [0.25, 0.3) is 5.69 Å². The molecular weight excluding hydrogens is 286 g/mol. The van der Waals surface area contributed by atoms with Crippen LogP contribution in [0.3, 0.4) is 0 Å². The van der Waals surface area contributed by atoms with Crippen LogP contribution in [0.1, 0.15) is 10.5 Å². The standard InChI is InChI=1S/C10H10BrN5O/c1-13-10(17)8-9(12)16(15-14-8)7-4-2-6(11)3-5-7/h2-5H,12H2,1H3,(H,13,17). The number of benzene rings is 1. The maximum atomic E-state index is 11.4. The summed E-state index contributed by atoms with van der Waals surface area (Å²) in [6, 6.07) is 7.36. The minimum absolute atomic E-state index is 0.121. The summed E-state index contributed by atoms with van der Waals surface area (Å²) in [7, 11) is 1.51. The molecule has 88 valence electrons. The van der Waals surface area contributed by atoms with Crippen LogP contribution in [0.4, 0.5) is 5.82 Å². The molecule has 6 nitrogen and oxygen atoms in total. The van der Waals surface area contributed by atoms with Gasteiger partial charge in [-0.15, -0.1) is 5.10 Å². The highest BCUT2D eigenvalue weighted by Gasteiger charge is 2.16. The van der Waals surface area contributed by atoms with E-state index in [-0.39, 0.29) is 17.4 Å². The molecule has 0 saturated carbocycles. The molecule has 0 unspecified atom stereocenters. The van der Waals surface area contributed by atoms with Crippen molar-refractivity contribution in [3.05, 3.63) is 34.4 Å². The van der Waals surface area contributed by atoms with Crippen LogP contribution in [-0.2, 0) is 0 Å². The number of nitrogens with two attached hydrogens (primary N) is 1. The molecule has 0 aliphatic rings. The van der Waals surface area contributed by atoms with Gasteiger partial charge in [0.25, 0.3) is 5.91 Å². The van der Waals surface area contributed by atoms with Crippen LogP contribution >= 0.6 is 15.9 Å². The third-order valence-corrected chi connectivity index (χ3v) is 2.75. The van der Waals surface area contributed by atoms with Gasteiger partial charge in [0.2, 0.25) is 0 Å². The van der Waals surface area contributed by atoms with Gasteiger partial charge in [0.1, 0.15) is 0 Å². The van der Waals surface area contributed by atoms with Crippen molar-refractivity contribution >= 4 is 27.7 Å². The average Bonchev–Trinajstić information content (AvgIpc) is 2.71. The molecule has 0 saturated heterocycles. The molecule has 0 aliphatic heterocycles. The van der Waals surface area contributed by atoms with Gasteiger partial charge in [0.15, 0.2) is 11.5 Å². The molecule has 2 rings (SSSR count). The van der Waals surface area contributed by atoms with Crippen molar-refractivity contribution in [2.24, 2.45) is 0 Å². The Labute approximate surface area is 106 Å². The minimum atomic E-state index is -0.356. The lowest BCUT2D eigenvalue weighted by Gasteiger charge is -2.03. The minimum Gasteiger partial charge on any atom is -0.382 e. The van der Waals surface area contributed by atoms with E-state index < -0.39 is 0 Å². The fraction of sp³-hybridized carbons (Fsp3) is 0.100. The Hall–Kier alpha value is -1.89. The molecule has 2 aromatic rings. The Bertz CT molecular complexity index is 548. The number of carbonyl (C=O) groups is 1. The molecule has 7 heteroatoms. The van der Waals surface area contributed by atoms with Crippen molar-refractivity contribution in [2.75, 3.05) is 12.8 Å². The van der Waals surface area contributed by atoms with Gasteiger partial charge in [-0.05, 0) is 24.3 Å². The van der Waals surface area contributed by atoms with Gasteiger partial charge in [-0.2, -0.15) is 4.68 Å². The highest BCUT2D eigenvalue weighted by Crippen LogP contribution is 2.17. The number of hydrogen-bond acceptors (Lipinski definition) is 4. The summed E-state index contributed by atoms with van der Waals surface area (Å²) in [6.45, 7) is 0.